The number of nitrogens with zero attached hydrogens (tertiary/aromatic N) is 1. The van der Waals surface area contributed by atoms with E-state index < -0.39 is 0 Å². The Kier molecular flexibility index (Phi) is 2.92. The third kappa shape index (κ3) is 2.11. The van der Waals surface area contributed by atoms with Gasteiger partial charge in [0.05, 0.1) is 4.88 Å². The number of carbonyl (C=O) groups excluding carboxylic acids is 1. The minimum absolute atomic E-state index is 0.228. The zero-order valence-corrected chi connectivity index (χ0v) is 10.8. The normalized spacial score (nSPS) is 28.8. The van der Waals surface area contributed by atoms with Gasteiger partial charge in [0.2, 0.25) is 0 Å². The van der Waals surface area contributed by atoms with E-state index in [1.165, 1.54) is 12.8 Å². The van der Waals surface area contributed by atoms with Gasteiger partial charge in [-0.2, -0.15) is 0 Å². The van der Waals surface area contributed by atoms with E-state index in [0.717, 1.165) is 37.5 Å². The molecule has 17 heavy (non-hydrogen) atoms. The third-order valence-corrected chi connectivity index (χ3v) is 4.87. The molecule has 3 nitrogen and oxygen atoms in total. The van der Waals surface area contributed by atoms with Crippen molar-refractivity contribution in [1.82, 2.24) is 10.2 Å². The van der Waals surface area contributed by atoms with E-state index in [1.54, 1.807) is 11.3 Å². The van der Waals surface area contributed by atoms with Crippen LogP contribution in [-0.2, 0) is 0 Å². The molecule has 3 rings (SSSR count). The molecular formula is C13H18N2OS. The highest BCUT2D eigenvalue weighted by Crippen LogP contribution is 2.36. The Balaban J connectivity index is 1.73. The number of hydrogen-bond acceptors (Lipinski definition) is 3. The van der Waals surface area contributed by atoms with Gasteiger partial charge in [-0.1, -0.05) is 6.07 Å². The summed E-state index contributed by atoms with van der Waals surface area (Å²) in [4.78, 5) is 15.3. The molecule has 2 aliphatic rings. The molecule has 1 amide bonds. The summed E-state index contributed by atoms with van der Waals surface area (Å²) < 4.78 is 0. The molecule has 1 N–H and O–H groups in total. The molecule has 92 valence electrons. The van der Waals surface area contributed by atoms with Gasteiger partial charge in [-0.3, -0.25) is 4.79 Å². The van der Waals surface area contributed by atoms with E-state index in [4.69, 9.17) is 0 Å². The largest absolute Gasteiger partial charge is 0.337 e. The maximum absolute atomic E-state index is 12.3. The highest BCUT2D eigenvalue weighted by Gasteiger charge is 2.39. The Labute approximate surface area is 106 Å². The number of carbonyl (C=O) groups is 1. The average Bonchev–Trinajstić information content (AvgIpc) is 3.00. The molecule has 1 atom stereocenters. The monoisotopic (exact) mass is 250 g/mol. The molecule has 4 heteroatoms. The number of thiophene rings is 1. The topological polar surface area (TPSA) is 32.3 Å². The first-order valence-electron chi connectivity index (χ1n) is 6.33. The summed E-state index contributed by atoms with van der Waals surface area (Å²) in [7, 11) is 0. The van der Waals surface area contributed by atoms with Crippen molar-refractivity contribution in [2.45, 2.75) is 19.3 Å². The van der Waals surface area contributed by atoms with Gasteiger partial charge in [0.25, 0.3) is 5.91 Å². The zero-order valence-electron chi connectivity index (χ0n) is 9.95. The predicted molar refractivity (Wildman–Crippen MR) is 69.4 cm³/mol. The molecular weight excluding hydrogens is 232 g/mol. The number of hydrogen-bond donors (Lipinski definition) is 1. The van der Waals surface area contributed by atoms with Crippen LogP contribution in [0.2, 0.25) is 0 Å². The van der Waals surface area contributed by atoms with Crippen LogP contribution in [0, 0.1) is 5.41 Å². The van der Waals surface area contributed by atoms with Crippen molar-refractivity contribution < 1.29 is 4.79 Å². The van der Waals surface area contributed by atoms with Crippen LogP contribution in [-0.4, -0.2) is 37.0 Å². The molecule has 0 aliphatic carbocycles. The fourth-order valence-electron chi connectivity index (χ4n) is 3.08. The molecule has 1 aromatic heterocycles. The summed E-state index contributed by atoms with van der Waals surface area (Å²) in [6.45, 7) is 4.07. The van der Waals surface area contributed by atoms with Crippen molar-refractivity contribution in [3.05, 3.63) is 22.4 Å². The second kappa shape index (κ2) is 4.42. The second-order valence-electron chi connectivity index (χ2n) is 5.23. The van der Waals surface area contributed by atoms with Crippen LogP contribution >= 0.6 is 11.3 Å². The van der Waals surface area contributed by atoms with Crippen LogP contribution in [0.1, 0.15) is 28.9 Å². The number of amides is 1. The Hall–Kier alpha value is -0.870. The van der Waals surface area contributed by atoms with Crippen molar-refractivity contribution in [3.63, 3.8) is 0 Å². The standard InChI is InChI=1S/C13H18N2OS/c16-12(11-3-1-8-17-11)15-7-2-4-13(10-15)5-6-14-9-13/h1,3,8,14H,2,4-7,9-10H2/t13-/m1/s1. The summed E-state index contributed by atoms with van der Waals surface area (Å²) >= 11 is 1.55. The SMILES string of the molecule is O=C(c1cccs1)N1CCC[C@]2(CCNC2)C1. The van der Waals surface area contributed by atoms with Crippen LogP contribution in [0.25, 0.3) is 0 Å². The van der Waals surface area contributed by atoms with Crippen LogP contribution in [0.15, 0.2) is 17.5 Å². The molecule has 1 aromatic rings. The summed E-state index contributed by atoms with van der Waals surface area (Å²) in [5, 5.41) is 5.42. The summed E-state index contributed by atoms with van der Waals surface area (Å²) in [6, 6.07) is 3.88. The molecule has 2 saturated heterocycles. The summed E-state index contributed by atoms with van der Waals surface area (Å²) in [5.74, 6) is 0.228. The fraction of sp³-hybridized carbons (Fsp3) is 0.615. The molecule has 0 unspecified atom stereocenters. The summed E-state index contributed by atoms with van der Waals surface area (Å²) in [5.41, 5.74) is 0.366. The fourth-order valence-corrected chi connectivity index (χ4v) is 3.77. The van der Waals surface area contributed by atoms with Gasteiger partial charge in [-0.15, -0.1) is 11.3 Å². The van der Waals surface area contributed by atoms with Gasteiger partial charge >= 0.3 is 0 Å². The Bertz CT molecular complexity index is 396. The van der Waals surface area contributed by atoms with E-state index in [-0.39, 0.29) is 5.91 Å². The molecule has 2 fully saturated rings. The highest BCUT2D eigenvalue weighted by molar-refractivity contribution is 7.12. The first-order valence-corrected chi connectivity index (χ1v) is 7.21. The molecule has 3 heterocycles. The van der Waals surface area contributed by atoms with Gasteiger partial charge in [0, 0.05) is 25.0 Å². The molecule has 0 bridgehead atoms. The zero-order chi connectivity index (χ0) is 11.7. The smallest absolute Gasteiger partial charge is 0.263 e. The molecule has 0 aromatic carbocycles. The number of rotatable bonds is 1. The minimum atomic E-state index is 0.228. The van der Waals surface area contributed by atoms with Gasteiger partial charge in [0.1, 0.15) is 0 Å². The van der Waals surface area contributed by atoms with E-state index in [0.29, 0.717) is 5.41 Å². The van der Waals surface area contributed by atoms with Crippen molar-refractivity contribution in [2.75, 3.05) is 26.2 Å². The van der Waals surface area contributed by atoms with Crippen molar-refractivity contribution in [1.29, 1.82) is 0 Å². The number of nitrogens with one attached hydrogen (secondary N) is 1. The van der Waals surface area contributed by atoms with Crippen molar-refractivity contribution in [2.24, 2.45) is 5.41 Å². The molecule has 0 saturated carbocycles. The Morgan fingerprint density at radius 1 is 1.47 bits per heavy atom. The molecule has 1 spiro atoms. The van der Waals surface area contributed by atoms with Crippen molar-refractivity contribution in [3.8, 4) is 0 Å². The van der Waals surface area contributed by atoms with Crippen LogP contribution in [0.5, 0.6) is 0 Å². The van der Waals surface area contributed by atoms with Gasteiger partial charge in [-0.05, 0) is 37.3 Å². The van der Waals surface area contributed by atoms with Gasteiger partial charge in [0.15, 0.2) is 0 Å². The lowest BCUT2D eigenvalue weighted by molar-refractivity contribution is 0.0558. The summed E-state index contributed by atoms with van der Waals surface area (Å²) in [6.07, 6.45) is 3.65. The lowest BCUT2D eigenvalue weighted by atomic mass is 9.79. The lowest BCUT2D eigenvalue weighted by Gasteiger charge is -2.39. The maximum atomic E-state index is 12.3. The lowest BCUT2D eigenvalue weighted by Crippen LogP contribution is -2.46. The first-order chi connectivity index (χ1) is 8.29. The van der Waals surface area contributed by atoms with E-state index in [1.807, 2.05) is 17.5 Å². The van der Waals surface area contributed by atoms with Crippen LogP contribution < -0.4 is 5.32 Å². The third-order valence-electron chi connectivity index (χ3n) is 4.01. The van der Waals surface area contributed by atoms with E-state index in [2.05, 4.69) is 10.2 Å². The average molecular weight is 250 g/mol. The van der Waals surface area contributed by atoms with Crippen LogP contribution in [0.3, 0.4) is 0 Å². The Morgan fingerprint density at radius 3 is 3.12 bits per heavy atom. The number of likely N-dealkylation sites (tertiary alicyclic amines) is 1. The highest BCUT2D eigenvalue weighted by atomic mass is 32.1. The Morgan fingerprint density at radius 2 is 2.41 bits per heavy atom. The molecule has 0 radical (unpaired) electrons. The maximum Gasteiger partial charge on any atom is 0.263 e. The van der Waals surface area contributed by atoms with Crippen LogP contribution in [0.4, 0.5) is 0 Å². The van der Waals surface area contributed by atoms with Gasteiger partial charge < -0.3 is 10.2 Å². The minimum Gasteiger partial charge on any atom is -0.337 e. The number of piperidine rings is 1. The second-order valence-corrected chi connectivity index (χ2v) is 6.18. The van der Waals surface area contributed by atoms with Gasteiger partial charge in [-0.25, -0.2) is 0 Å². The molecule has 2 aliphatic heterocycles. The van der Waals surface area contributed by atoms with Crippen molar-refractivity contribution >= 4 is 17.2 Å². The predicted octanol–water partition coefficient (Wildman–Crippen LogP) is 1.96. The van der Waals surface area contributed by atoms with E-state index >= 15 is 0 Å². The first kappa shape index (κ1) is 11.2. The quantitative estimate of drug-likeness (QED) is 0.826. The van der Waals surface area contributed by atoms with E-state index in [9.17, 15) is 4.79 Å².